The lowest BCUT2D eigenvalue weighted by atomic mass is 9.80. The molecule has 0 atom stereocenters. The van der Waals surface area contributed by atoms with Crippen molar-refractivity contribution in [3.63, 3.8) is 0 Å². The van der Waals surface area contributed by atoms with E-state index in [-0.39, 0.29) is 5.41 Å². The van der Waals surface area contributed by atoms with Crippen molar-refractivity contribution in [1.29, 1.82) is 0 Å². The lowest BCUT2D eigenvalue weighted by Crippen LogP contribution is -2.44. The summed E-state index contributed by atoms with van der Waals surface area (Å²) < 4.78 is 0. The third kappa shape index (κ3) is 4.66. The third-order valence-electron chi connectivity index (χ3n) is 4.06. The summed E-state index contributed by atoms with van der Waals surface area (Å²) in [5, 5.41) is 0. The van der Waals surface area contributed by atoms with Crippen LogP contribution in [0, 0.1) is 5.41 Å². The molecule has 1 saturated heterocycles. The smallest absolute Gasteiger partial charge is 0.222 e. The first-order chi connectivity index (χ1) is 8.11. The average molecular weight is 240 g/mol. The van der Waals surface area contributed by atoms with Gasteiger partial charge in [0.15, 0.2) is 0 Å². The van der Waals surface area contributed by atoms with E-state index < -0.39 is 0 Å². The van der Waals surface area contributed by atoms with E-state index in [1.165, 1.54) is 19.3 Å². The molecule has 3 heteroatoms. The first-order valence-electron chi connectivity index (χ1n) is 7.09. The van der Waals surface area contributed by atoms with Crippen LogP contribution in [0.25, 0.3) is 0 Å². The SMILES string of the molecule is CCCCCCC(=O)N1CCC(C)(CN)CC1. The van der Waals surface area contributed by atoms with E-state index in [4.69, 9.17) is 5.73 Å². The fourth-order valence-electron chi connectivity index (χ4n) is 2.36. The van der Waals surface area contributed by atoms with Crippen LogP contribution in [0.15, 0.2) is 0 Å². The second kappa shape index (κ2) is 7.00. The number of rotatable bonds is 6. The molecule has 17 heavy (non-hydrogen) atoms. The van der Waals surface area contributed by atoms with Crippen LogP contribution >= 0.6 is 0 Å². The van der Waals surface area contributed by atoms with Crippen LogP contribution in [-0.4, -0.2) is 30.4 Å². The van der Waals surface area contributed by atoms with Crippen molar-refractivity contribution < 1.29 is 4.79 Å². The molecular weight excluding hydrogens is 212 g/mol. The largest absolute Gasteiger partial charge is 0.343 e. The fraction of sp³-hybridized carbons (Fsp3) is 0.929. The van der Waals surface area contributed by atoms with E-state index in [1.54, 1.807) is 0 Å². The van der Waals surface area contributed by atoms with E-state index >= 15 is 0 Å². The van der Waals surface area contributed by atoms with Crippen LogP contribution in [0.5, 0.6) is 0 Å². The van der Waals surface area contributed by atoms with Crippen LogP contribution in [0.1, 0.15) is 58.8 Å². The highest BCUT2D eigenvalue weighted by molar-refractivity contribution is 5.76. The van der Waals surface area contributed by atoms with Gasteiger partial charge >= 0.3 is 0 Å². The van der Waals surface area contributed by atoms with E-state index in [0.29, 0.717) is 5.91 Å². The Morgan fingerprint density at radius 1 is 1.24 bits per heavy atom. The summed E-state index contributed by atoms with van der Waals surface area (Å²) in [6.45, 7) is 6.97. The predicted octanol–water partition coefficient (Wildman–Crippen LogP) is 2.54. The van der Waals surface area contributed by atoms with Gasteiger partial charge in [-0.1, -0.05) is 33.1 Å². The normalized spacial score (nSPS) is 19.4. The number of carbonyl (C=O) groups excluding carboxylic acids is 1. The van der Waals surface area contributed by atoms with Gasteiger partial charge < -0.3 is 10.6 Å². The van der Waals surface area contributed by atoms with Gasteiger partial charge in [-0.3, -0.25) is 4.79 Å². The molecule has 3 nitrogen and oxygen atoms in total. The van der Waals surface area contributed by atoms with Crippen molar-refractivity contribution in [2.45, 2.75) is 58.8 Å². The first kappa shape index (κ1) is 14.5. The maximum Gasteiger partial charge on any atom is 0.222 e. The number of carbonyl (C=O) groups is 1. The number of nitrogens with zero attached hydrogens (tertiary/aromatic N) is 1. The molecule has 1 fully saturated rings. The molecule has 100 valence electrons. The summed E-state index contributed by atoms with van der Waals surface area (Å²) >= 11 is 0. The number of amides is 1. The summed E-state index contributed by atoms with van der Waals surface area (Å²) in [6.07, 6.45) is 7.58. The zero-order valence-electron chi connectivity index (χ0n) is 11.5. The van der Waals surface area contributed by atoms with Gasteiger partial charge in [0, 0.05) is 19.5 Å². The molecule has 2 N–H and O–H groups in total. The number of hydrogen-bond donors (Lipinski definition) is 1. The van der Waals surface area contributed by atoms with Gasteiger partial charge in [0.05, 0.1) is 0 Å². The standard InChI is InChI=1S/C14H28N2O/c1-3-4-5-6-7-13(17)16-10-8-14(2,12-15)9-11-16/h3-12,15H2,1-2H3. The molecule has 1 rings (SSSR count). The first-order valence-corrected chi connectivity index (χ1v) is 7.09. The van der Waals surface area contributed by atoms with Crippen molar-refractivity contribution in [3.05, 3.63) is 0 Å². The molecular formula is C14H28N2O. The number of piperidine rings is 1. The van der Waals surface area contributed by atoms with Crippen molar-refractivity contribution in [1.82, 2.24) is 4.90 Å². The number of nitrogens with two attached hydrogens (primary N) is 1. The second-order valence-corrected chi connectivity index (χ2v) is 5.71. The Kier molecular flexibility index (Phi) is 5.96. The van der Waals surface area contributed by atoms with Crippen LogP contribution in [0.3, 0.4) is 0 Å². The zero-order chi connectivity index (χ0) is 12.7. The molecule has 1 aliphatic heterocycles. The van der Waals surface area contributed by atoms with Crippen molar-refractivity contribution >= 4 is 5.91 Å². The Hall–Kier alpha value is -0.570. The minimum atomic E-state index is 0.263. The van der Waals surface area contributed by atoms with Gasteiger partial charge in [0.25, 0.3) is 0 Å². The Bertz CT molecular complexity index is 232. The maximum absolute atomic E-state index is 12.0. The van der Waals surface area contributed by atoms with Gasteiger partial charge in [0.1, 0.15) is 0 Å². The summed E-state index contributed by atoms with van der Waals surface area (Å²) in [4.78, 5) is 14.0. The van der Waals surface area contributed by atoms with Gasteiger partial charge in [-0.25, -0.2) is 0 Å². The molecule has 0 unspecified atom stereocenters. The molecule has 0 aromatic rings. The van der Waals surface area contributed by atoms with Crippen LogP contribution in [-0.2, 0) is 4.79 Å². The fourth-order valence-corrected chi connectivity index (χ4v) is 2.36. The number of likely N-dealkylation sites (tertiary alicyclic amines) is 1. The number of unbranched alkanes of at least 4 members (excludes halogenated alkanes) is 3. The Balaban J connectivity index is 2.22. The molecule has 0 aromatic carbocycles. The summed E-state index contributed by atoms with van der Waals surface area (Å²) in [7, 11) is 0. The zero-order valence-corrected chi connectivity index (χ0v) is 11.5. The minimum absolute atomic E-state index is 0.263. The van der Waals surface area contributed by atoms with E-state index in [2.05, 4.69) is 13.8 Å². The van der Waals surface area contributed by atoms with Crippen LogP contribution in [0.4, 0.5) is 0 Å². The highest BCUT2D eigenvalue weighted by atomic mass is 16.2. The van der Waals surface area contributed by atoms with Gasteiger partial charge in [0.2, 0.25) is 5.91 Å². The Labute approximate surface area is 106 Å². The second-order valence-electron chi connectivity index (χ2n) is 5.71. The third-order valence-corrected chi connectivity index (χ3v) is 4.06. The molecule has 0 saturated carbocycles. The summed E-state index contributed by atoms with van der Waals surface area (Å²) in [5.41, 5.74) is 6.03. The molecule has 1 amide bonds. The van der Waals surface area contributed by atoms with Gasteiger partial charge in [-0.15, -0.1) is 0 Å². The highest BCUT2D eigenvalue weighted by Crippen LogP contribution is 2.29. The molecule has 0 aliphatic carbocycles. The quantitative estimate of drug-likeness (QED) is 0.725. The lowest BCUT2D eigenvalue weighted by Gasteiger charge is -2.38. The van der Waals surface area contributed by atoms with Gasteiger partial charge in [-0.05, 0) is 31.2 Å². The molecule has 0 aromatic heterocycles. The average Bonchev–Trinajstić information content (AvgIpc) is 2.35. The predicted molar refractivity (Wildman–Crippen MR) is 71.7 cm³/mol. The summed E-state index contributed by atoms with van der Waals surface area (Å²) in [6, 6.07) is 0. The van der Waals surface area contributed by atoms with Crippen LogP contribution in [0.2, 0.25) is 0 Å². The van der Waals surface area contributed by atoms with E-state index in [1.807, 2.05) is 4.90 Å². The topological polar surface area (TPSA) is 46.3 Å². The van der Waals surface area contributed by atoms with Crippen molar-refractivity contribution in [3.8, 4) is 0 Å². The van der Waals surface area contributed by atoms with E-state index in [0.717, 1.165) is 45.3 Å². The summed E-state index contributed by atoms with van der Waals surface area (Å²) in [5.74, 6) is 0.347. The molecule has 1 aliphatic rings. The lowest BCUT2D eigenvalue weighted by molar-refractivity contribution is -0.133. The van der Waals surface area contributed by atoms with E-state index in [9.17, 15) is 4.79 Å². The highest BCUT2D eigenvalue weighted by Gasteiger charge is 2.30. The molecule has 0 radical (unpaired) electrons. The van der Waals surface area contributed by atoms with Gasteiger partial charge in [-0.2, -0.15) is 0 Å². The van der Waals surface area contributed by atoms with Crippen molar-refractivity contribution in [2.75, 3.05) is 19.6 Å². The Morgan fingerprint density at radius 3 is 2.41 bits per heavy atom. The monoisotopic (exact) mass is 240 g/mol. The minimum Gasteiger partial charge on any atom is -0.343 e. The molecule has 1 heterocycles. The maximum atomic E-state index is 12.0. The number of hydrogen-bond acceptors (Lipinski definition) is 2. The van der Waals surface area contributed by atoms with Crippen molar-refractivity contribution in [2.24, 2.45) is 11.1 Å². The molecule has 0 spiro atoms. The Morgan fingerprint density at radius 2 is 1.88 bits per heavy atom. The molecule has 0 bridgehead atoms. The van der Waals surface area contributed by atoms with Crippen LogP contribution < -0.4 is 5.73 Å².